The van der Waals surface area contributed by atoms with E-state index in [4.69, 9.17) is 0 Å². The van der Waals surface area contributed by atoms with Crippen LogP contribution >= 0.6 is 11.3 Å². The number of nitrogens with zero attached hydrogens (tertiary/aromatic N) is 1. The molecule has 0 atom stereocenters. The average molecular weight is 241 g/mol. The van der Waals surface area contributed by atoms with Crippen molar-refractivity contribution in [2.75, 3.05) is 0 Å². The van der Waals surface area contributed by atoms with E-state index in [1.807, 2.05) is 0 Å². The van der Waals surface area contributed by atoms with Gasteiger partial charge in [0.05, 0.1) is 6.42 Å². The summed E-state index contributed by atoms with van der Waals surface area (Å²) in [5.41, 5.74) is 0. The molecular weight excluding hydrogens is 235 g/mol. The molecule has 0 aromatic carbocycles. The molecule has 0 aliphatic rings. The van der Waals surface area contributed by atoms with Crippen molar-refractivity contribution in [1.29, 1.82) is 0 Å². The van der Waals surface area contributed by atoms with Crippen molar-refractivity contribution in [3.05, 3.63) is 16.6 Å². The summed E-state index contributed by atoms with van der Waals surface area (Å²) in [4.78, 5) is 24.7. The Balaban J connectivity index is 0.00000196. The fraction of sp³-hybridized carbons (Fsp3) is 0.286. The first-order valence-electron chi connectivity index (χ1n) is 3.44. The predicted octanol–water partition coefficient (Wildman–Crippen LogP) is 0.561. The lowest BCUT2D eigenvalue weighted by Crippen LogP contribution is -2.31. The summed E-state index contributed by atoms with van der Waals surface area (Å²) in [6.45, 7) is 0. The third-order valence-electron chi connectivity index (χ3n) is 1.31. The molecule has 2 N–H and O–H groups in total. The summed E-state index contributed by atoms with van der Waals surface area (Å²) in [6, 6.07) is 0. The molecule has 0 radical (unpaired) electrons. The average Bonchev–Trinajstić information content (AvgIpc) is 2.53. The van der Waals surface area contributed by atoms with Crippen LogP contribution in [0.3, 0.4) is 0 Å². The zero-order valence-electron chi connectivity index (χ0n) is 7.17. The van der Waals surface area contributed by atoms with Gasteiger partial charge in [-0.05, 0) is 0 Å². The SMILES string of the molecule is O.O=C(Cc1nccs1)C(=O)C(F)(F)F. The van der Waals surface area contributed by atoms with Crippen LogP contribution < -0.4 is 0 Å². The highest BCUT2D eigenvalue weighted by atomic mass is 32.1. The molecule has 0 spiro atoms. The van der Waals surface area contributed by atoms with E-state index in [9.17, 15) is 22.8 Å². The lowest BCUT2D eigenvalue weighted by Gasteiger charge is -2.01. The van der Waals surface area contributed by atoms with E-state index >= 15 is 0 Å². The number of thiazole rings is 1. The Hall–Kier alpha value is -1.28. The zero-order valence-corrected chi connectivity index (χ0v) is 7.98. The molecule has 0 bridgehead atoms. The fourth-order valence-electron chi connectivity index (χ4n) is 0.716. The summed E-state index contributed by atoms with van der Waals surface area (Å²) in [5.74, 6) is -3.81. The van der Waals surface area contributed by atoms with Crippen molar-refractivity contribution in [3.63, 3.8) is 0 Å². The van der Waals surface area contributed by atoms with Crippen molar-refractivity contribution in [3.8, 4) is 0 Å². The summed E-state index contributed by atoms with van der Waals surface area (Å²) in [7, 11) is 0. The van der Waals surface area contributed by atoms with E-state index in [1.165, 1.54) is 11.6 Å². The molecule has 1 heterocycles. The second kappa shape index (κ2) is 4.99. The minimum absolute atomic E-state index is 0. The second-order valence-electron chi connectivity index (χ2n) is 2.35. The van der Waals surface area contributed by atoms with Gasteiger partial charge >= 0.3 is 12.0 Å². The lowest BCUT2D eigenvalue weighted by molar-refractivity contribution is -0.174. The van der Waals surface area contributed by atoms with Gasteiger partial charge in [0.15, 0.2) is 0 Å². The van der Waals surface area contributed by atoms with Gasteiger partial charge in [0.2, 0.25) is 5.78 Å². The minimum atomic E-state index is -5.09. The molecule has 15 heavy (non-hydrogen) atoms. The summed E-state index contributed by atoms with van der Waals surface area (Å²) in [6.07, 6.45) is -4.32. The van der Waals surface area contributed by atoms with E-state index in [-0.39, 0.29) is 10.5 Å². The molecular formula is C7H6F3NO3S. The molecule has 0 aliphatic carbocycles. The number of alkyl halides is 3. The Morgan fingerprint density at radius 2 is 2.00 bits per heavy atom. The first-order valence-corrected chi connectivity index (χ1v) is 4.32. The third kappa shape index (κ3) is 3.76. The summed E-state index contributed by atoms with van der Waals surface area (Å²) in [5, 5.41) is 1.72. The van der Waals surface area contributed by atoms with Crippen LogP contribution in [0.1, 0.15) is 5.01 Å². The standard InChI is InChI=1S/C7H4F3NO2S.H2O/c8-7(9,10)6(13)4(12)3-5-11-1-2-14-5;/h1-2H,3H2;1H2. The molecule has 1 rings (SSSR count). The van der Waals surface area contributed by atoms with Crippen molar-refractivity contribution in [2.45, 2.75) is 12.6 Å². The number of ketones is 2. The number of carbonyl (C=O) groups excluding carboxylic acids is 2. The lowest BCUT2D eigenvalue weighted by atomic mass is 10.2. The van der Waals surface area contributed by atoms with Crippen LogP contribution in [0.2, 0.25) is 0 Å². The number of hydrogen-bond acceptors (Lipinski definition) is 4. The Morgan fingerprint density at radius 3 is 2.40 bits per heavy atom. The normalized spacial score (nSPS) is 10.6. The monoisotopic (exact) mass is 241 g/mol. The molecule has 8 heteroatoms. The fourth-order valence-corrected chi connectivity index (χ4v) is 1.33. The molecule has 0 fully saturated rings. The van der Waals surface area contributed by atoms with Gasteiger partial charge in [0.1, 0.15) is 5.01 Å². The zero-order chi connectivity index (χ0) is 10.8. The van der Waals surface area contributed by atoms with Gasteiger partial charge in [-0.1, -0.05) is 0 Å². The van der Waals surface area contributed by atoms with Crippen molar-refractivity contribution in [1.82, 2.24) is 4.98 Å². The highest BCUT2D eigenvalue weighted by molar-refractivity contribution is 7.09. The minimum Gasteiger partial charge on any atom is -0.412 e. The summed E-state index contributed by atoms with van der Waals surface area (Å²) >= 11 is 1.03. The van der Waals surface area contributed by atoms with Gasteiger partial charge in [-0.3, -0.25) is 9.59 Å². The first-order chi connectivity index (χ1) is 6.41. The maximum Gasteiger partial charge on any atom is 0.458 e. The highest BCUT2D eigenvalue weighted by Crippen LogP contribution is 2.17. The smallest absolute Gasteiger partial charge is 0.412 e. The topological polar surface area (TPSA) is 78.5 Å². The van der Waals surface area contributed by atoms with Crippen molar-refractivity contribution in [2.24, 2.45) is 0 Å². The van der Waals surface area contributed by atoms with E-state index in [2.05, 4.69) is 4.98 Å². The van der Waals surface area contributed by atoms with Gasteiger partial charge in [-0.2, -0.15) is 13.2 Å². The van der Waals surface area contributed by atoms with Crippen LogP contribution in [0, 0.1) is 0 Å². The highest BCUT2D eigenvalue weighted by Gasteiger charge is 2.43. The molecule has 0 aliphatic heterocycles. The van der Waals surface area contributed by atoms with E-state index in [0.29, 0.717) is 0 Å². The maximum absolute atomic E-state index is 11.7. The van der Waals surface area contributed by atoms with Gasteiger partial charge in [0, 0.05) is 11.6 Å². The molecule has 84 valence electrons. The first kappa shape index (κ1) is 13.7. The van der Waals surface area contributed by atoms with Crippen LogP contribution in [0.5, 0.6) is 0 Å². The van der Waals surface area contributed by atoms with Gasteiger partial charge < -0.3 is 5.48 Å². The van der Waals surface area contributed by atoms with Gasteiger partial charge in [-0.25, -0.2) is 4.98 Å². The number of rotatable bonds is 3. The quantitative estimate of drug-likeness (QED) is 0.725. The number of Topliss-reactive ketones (excluding diaryl/α,β-unsaturated/α-hetero) is 2. The largest absolute Gasteiger partial charge is 0.458 e. The second-order valence-corrected chi connectivity index (χ2v) is 3.33. The third-order valence-corrected chi connectivity index (χ3v) is 2.09. The molecule has 0 saturated carbocycles. The molecule has 1 aromatic heterocycles. The number of aromatic nitrogens is 1. The predicted molar refractivity (Wildman–Crippen MR) is 45.5 cm³/mol. The van der Waals surface area contributed by atoms with Crippen molar-refractivity contribution < 1.29 is 28.2 Å². The molecule has 0 amide bonds. The summed E-state index contributed by atoms with van der Waals surface area (Å²) < 4.78 is 35.2. The number of halogens is 3. The van der Waals surface area contributed by atoms with Crippen LogP contribution in [0.25, 0.3) is 0 Å². The Kier molecular flexibility index (Phi) is 4.56. The Morgan fingerprint density at radius 1 is 1.40 bits per heavy atom. The maximum atomic E-state index is 11.7. The van der Waals surface area contributed by atoms with Crippen molar-refractivity contribution >= 4 is 22.9 Å². The molecule has 4 nitrogen and oxygen atoms in total. The van der Waals surface area contributed by atoms with E-state index < -0.39 is 24.2 Å². The number of hydrogen-bond donors (Lipinski definition) is 0. The van der Waals surface area contributed by atoms with Gasteiger partial charge in [0.25, 0.3) is 0 Å². The van der Waals surface area contributed by atoms with Crippen LogP contribution in [-0.4, -0.2) is 28.2 Å². The van der Waals surface area contributed by atoms with Crippen LogP contribution in [0.15, 0.2) is 11.6 Å². The van der Waals surface area contributed by atoms with Crippen LogP contribution in [-0.2, 0) is 16.0 Å². The van der Waals surface area contributed by atoms with E-state index in [1.54, 1.807) is 0 Å². The van der Waals surface area contributed by atoms with E-state index in [0.717, 1.165) is 11.3 Å². The molecule has 0 saturated heterocycles. The Bertz CT molecular complexity index is 347. The Labute approximate surface area is 86.1 Å². The van der Waals surface area contributed by atoms with Crippen LogP contribution in [0.4, 0.5) is 13.2 Å². The molecule has 1 aromatic rings. The van der Waals surface area contributed by atoms with Gasteiger partial charge in [-0.15, -0.1) is 11.3 Å². The molecule has 0 unspecified atom stereocenters. The number of carbonyl (C=O) groups is 2.